The quantitative estimate of drug-likeness (QED) is 0.621. The SMILES string of the molecule is CC(C)N1CC2(CC(Oc3ccccn3)CCO2)C1.O=C(O)C(F)(F)F.O=C(O)C(F)(F)F. The molecular weight excluding hydrogens is 466 g/mol. The first-order valence-corrected chi connectivity index (χ1v) is 9.61. The summed E-state index contributed by atoms with van der Waals surface area (Å²) >= 11 is 0. The fourth-order valence-electron chi connectivity index (χ4n) is 2.95. The van der Waals surface area contributed by atoms with Crippen LogP contribution in [0.15, 0.2) is 24.4 Å². The highest BCUT2D eigenvalue weighted by atomic mass is 19.4. The summed E-state index contributed by atoms with van der Waals surface area (Å²) in [6.45, 7) is 7.33. The van der Waals surface area contributed by atoms with E-state index in [0.29, 0.717) is 6.04 Å². The first-order chi connectivity index (χ1) is 15.1. The van der Waals surface area contributed by atoms with E-state index >= 15 is 0 Å². The van der Waals surface area contributed by atoms with E-state index in [9.17, 15) is 26.3 Å². The van der Waals surface area contributed by atoms with E-state index in [2.05, 4.69) is 23.7 Å². The van der Waals surface area contributed by atoms with Crippen molar-refractivity contribution in [3.8, 4) is 5.88 Å². The van der Waals surface area contributed by atoms with Gasteiger partial charge in [0, 0.05) is 44.2 Å². The monoisotopic (exact) mass is 490 g/mol. The molecular formula is C19H24F6N2O6. The summed E-state index contributed by atoms with van der Waals surface area (Å²) in [4.78, 5) is 24.5. The molecule has 1 unspecified atom stereocenters. The molecule has 0 aromatic carbocycles. The largest absolute Gasteiger partial charge is 0.490 e. The Morgan fingerprint density at radius 3 is 2.03 bits per heavy atom. The average Bonchev–Trinajstić information content (AvgIpc) is 2.66. The Labute approximate surface area is 185 Å². The molecule has 2 saturated heterocycles. The van der Waals surface area contributed by atoms with Crippen molar-refractivity contribution >= 4 is 11.9 Å². The van der Waals surface area contributed by atoms with E-state index in [4.69, 9.17) is 29.3 Å². The van der Waals surface area contributed by atoms with Crippen LogP contribution in [0.1, 0.15) is 26.7 Å². The van der Waals surface area contributed by atoms with E-state index in [1.165, 1.54) is 0 Å². The number of carbonyl (C=O) groups is 2. The summed E-state index contributed by atoms with van der Waals surface area (Å²) < 4.78 is 75.5. The number of aromatic nitrogens is 1. The Kier molecular flexibility index (Phi) is 9.90. The van der Waals surface area contributed by atoms with Gasteiger partial charge in [-0.15, -0.1) is 0 Å². The van der Waals surface area contributed by atoms with Crippen molar-refractivity contribution in [1.82, 2.24) is 9.88 Å². The molecule has 14 heteroatoms. The third kappa shape index (κ3) is 9.82. The predicted octanol–water partition coefficient (Wildman–Crippen LogP) is 3.37. The van der Waals surface area contributed by atoms with Crippen molar-refractivity contribution in [1.29, 1.82) is 0 Å². The maximum atomic E-state index is 10.6. The van der Waals surface area contributed by atoms with Gasteiger partial charge in [-0.1, -0.05) is 6.07 Å². The van der Waals surface area contributed by atoms with Crippen LogP contribution in [0.3, 0.4) is 0 Å². The van der Waals surface area contributed by atoms with Crippen molar-refractivity contribution in [2.24, 2.45) is 0 Å². The van der Waals surface area contributed by atoms with Crippen LogP contribution >= 0.6 is 0 Å². The normalized spacial score (nSPS) is 20.0. The Balaban J connectivity index is 0.000000324. The molecule has 1 aromatic heterocycles. The summed E-state index contributed by atoms with van der Waals surface area (Å²) in [5, 5.41) is 14.2. The van der Waals surface area contributed by atoms with Gasteiger partial charge in [-0.3, -0.25) is 4.90 Å². The fraction of sp³-hybridized carbons (Fsp3) is 0.632. The Bertz CT molecular complexity index is 742. The molecule has 8 nitrogen and oxygen atoms in total. The maximum absolute atomic E-state index is 10.6. The van der Waals surface area contributed by atoms with Gasteiger partial charge in [0.05, 0.1) is 12.2 Å². The van der Waals surface area contributed by atoms with E-state index in [1.807, 2.05) is 18.2 Å². The summed E-state index contributed by atoms with van der Waals surface area (Å²) in [7, 11) is 0. The van der Waals surface area contributed by atoms with Gasteiger partial charge < -0.3 is 19.7 Å². The highest BCUT2D eigenvalue weighted by molar-refractivity contribution is 5.73. The molecule has 0 saturated carbocycles. The van der Waals surface area contributed by atoms with Crippen LogP contribution in [-0.2, 0) is 14.3 Å². The number of pyridine rings is 1. The topological polar surface area (TPSA) is 109 Å². The number of ether oxygens (including phenoxy) is 2. The number of carboxylic acids is 2. The van der Waals surface area contributed by atoms with Gasteiger partial charge >= 0.3 is 24.3 Å². The molecule has 188 valence electrons. The highest BCUT2D eigenvalue weighted by Gasteiger charge is 2.48. The first kappa shape index (κ1) is 28.4. The molecule has 0 radical (unpaired) electrons. The van der Waals surface area contributed by atoms with Gasteiger partial charge in [0.1, 0.15) is 6.10 Å². The number of likely N-dealkylation sites (tertiary alicyclic amines) is 1. The van der Waals surface area contributed by atoms with Gasteiger partial charge in [0.2, 0.25) is 5.88 Å². The Morgan fingerprint density at radius 2 is 1.64 bits per heavy atom. The predicted molar refractivity (Wildman–Crippen MR) is 101 cm³/mol. The number of hydrogen-bond donors (Lipinski definition) is 2. The molecule has 1 spiro atoms. The molecule has 0 amide bonds. The van der Waals surface area contributed by atoms with Gasteiger partial charge in [-0.2, -0.15) is 26.3 Å². The second kappa shape index (κ2) is 11.5. The average molecular weight is 490 g/mol. The third-order valence-corrected chi connectivity index (χ3v) is 4.57. The molecule has 2 aliphatic heterocycles. The molecule has 1 aromatic rings. The van der Waals surface area contributed by atoms with E-state index in [0.717, 1.165) is 38.4 Å². The minimum atomic E-state index is -5.08. The summed E-state index contributed by atoms with van der Waals surface area (Å²) in [6.07, 6.45) is -6.22. The van der Waals surface area contributed by atoms with Crippen LogP contribution in [0.5, 0.6) is 5.88 Å². The van der Waals surface area contributed by atoms with Crippen LogP contribution in [-0.4, -0.2) is 81.8 Å². The molecule has 0 bridgehead atoms. The van der Waals surface area contributed by atoms with Gasteiger partial charge in [-0.25, -0.2) is 14.6 Å². The van der Waals surface area contributed by atoms with Crippen molar-refractivity contribution in [3.05, 3.63) is 24.4 Å². The zero-order valence-electron chi connectivity index (χ0n) is 17.7. The minimum Gasteiger partial charge on any atom is -0.475 e. The van der Waals surface area contributed by atoms with Crippen molar-refractivity contribution < 1.29 is 55.6 Å². The lowest BCUT2D eigenvalue weighted by Gasteiger charge is -2.54. The van der Waals surface area contributed by atoms with Crippen molar-refractivity contribution in [2.45, 2.75) is 56.8 Å². The van der Waals surface area contributed by atoms with Crippen LogP contribution in [0.4, 0.5) is 26.3 Å². The molecule has 3 rings (SSSR count). The maximum Gasteiger partial charge on any atom is 0.490 e. The lowest BCUT2D eigenvalue weighted by atomic mass is 9.84. The first-order valence-electron chi connectivity index (χ1n) is 9.61. The lowest BCUT2D eigenvalue weighted by molar-refractivity contribution is -0.193. The second-order valence-corrected chi connectivity index (χ2v) is 7.54. The van der Waals surface area contributed by atoms with Crippen LogP contribution in [0.2, 0.25) is 0 Å². The third-order valence-electron chi connectivity index (χ3n) is 4.57. The summed E-state index contributed by atoms with van der Waals surface area (Å²) in [5.41, 5.74) is 0.0297. The zero-order valence-corrected chi connectivity index (χ0v) is 17.7. The number of nitrogens with zero attached hydrogens (tertiary/aromatic N) is 2. The van der Waals surface area contributed by atoms with Crippen molar-refractivity contribution in [3.63, 3.8) is 0 Å². The summed E-state index contributed by atoms with van der Waals surface area (Å²) in [5.74, 6) is -4.79. The van der Waals surface area contributed by atoms with E-state index in [1.54, 1.807) is 6.20 Å². The molecule has 0 aliphatic carbocycles. The number of alkyl halides is 6. The Hall–Kier alpha value is -2.61. The van der Waals surface area contributed by atoms with Gasteiger partial charge in [0.15, 0.2) is 0 Å². The summed E-state index contributed by atoms with van der Waals surface area (Å²) in [6, 6.07) is 6.39. The number of rotatable bonds is 3. The minimum absolute atomic E-state index is 0.0297. The second-order valence-electron chi connectivity index (χ2n) is 7.54. The standard InChI is InChI=1S/C15H22N2O2.2C2HF3O2/c1-12(2)17-10-15(11-17)9-13(6-8-18-15)19-14-5-3-4-7-16-14;2*3-2(4,5)1(6)7/h3-5,7,12-13H,6,8-11H2,1-2H3;2*(H,6,7). The molecule has 2 aliphatic rings. The van der Waals surface area contributed by atoms with Crippen LogP contribution in [0.25, 0.3) is 0 Å². The van der Waals surface area contributed by atoms with Crippen molar-refractivity contribution in [2.75, 3.05) is 19.7 Å². The number of carboxylic acid groups (broad SMARTS) is 2. The number of hydrogen-bond acceptors (Lipinski definition) is 6. The van der Waals surface area contributed by atoms with Gasteiger partial charge in [-0.05, 0) is 19.9 Å². The van der Waals surface area contributed by atoms with E-state index in [-0.39, 0.29) is 11.7 Å². The van der Waals surface area contributed by atoms with Gasteiger partial charge in [0.25, 0.3) is 0 Å². The zero-order chi connectivity index (χ0) is 25.4. The Morgan fingerprint density at radius 1 is 1.12 bits per heavy atom. The lowest BCUT2D eigenvalue weighted by Crippen LogP contribution is -2.67. The molecule has 3 heterocycles. The number of aliphatic carboxylic acids is 2. The fourth-order valence-corrected chi connectivity index (χ4v) is 2.95. The number of halogens is 6. The highest BCUT2D eigenvalue weighted by Crippen LogP contribution is 2.36. The van der Waals surface area contributed by atoms with E-state index < -0.39 is 24.3 Å². The smallest absolute Gasteiger partial charge is 0.475 e. The van der Waals surface area contributed by atoms with Crippen LogP contribution < -0.4 is 4.74 Å². The molecule has 1 atom stereocenters. The molecule has 2 N–H and O–H groups in total. The molecule has 2 fully saturated rings. The van der Waals surface area contributed by atoms with Crippen LogP contribution in [0, 0.1) is 0 Å². The molecule has 33 heavy (non-hydrogen) atoms.